The van der Waals surface area contributed by atoms with E-state index in [0.717, 1.165) is 18.5 Å². The van der Waals surface area contributed by atoms with Gasteiger partial charge in [-0.1, -0.05) is 6.92 Å². The zero-order valence-electron chi connectivity index (χ0n) is 11.0. The lowest BCUT2D eigenvalue weighted by Gasteiger charge is -2.23. The molecule has 1 aliphatic rings. The molecule has 0 unspecified atom stereocenters. The lowest BCUT2D eigenvalue weighted by Crippen LogP contribution is -2.28. The fraction of sp³-hybridized carbons (Fsp3) is 0.500. The van der Waals surface area contributed by atoms with Crippen molar-refractivity contribution in [1.82, 2.24) is 4.98 Å². The van der Waals surface area contributed by atoms with Crippen LogP contribution in [-0.4, -0.2) is 28.6 Å². The van der Waals surface area contributed by atoms with Crippen LogP contribution >= 0.6 is 0 Å². The highest BCUT2D eigenvalue weighted by Crippen LogP contribution is 2.31. The normalized spacial score (nSPS) is 13.9. The first kappa shape index (κ1) is 13.3. The fourth-order valence-electron chi connectivity index (χ4n) is 2.06. The van der Waals surface area contributed by atoms with Gasteiger partial charge in [0.15, 0.2) is 0 Å². The van der Waals surface area contributed by atoms with Gasteiger partial charge in [0.05, 0.1) is 18.1 Å². The van der Waals surface area contributed by atoms with Crippen LogP contribution in [0.25, 0.3) is 0 Å². The molecule has 1 saturated carbocycles. The quantitative estimate of drug-likeness (QED) is 0.847. The molecule has 0 saturated heterocycles. The highest BCUT2D eigenvalue weighted by atomic mass is 16.4. The Balaban J connectivity index is 2.32. The summed E-state index contributed by atoms with van der Waals surface area (Å²) >= 11 is 0. The third-order valence-corrected chi connectivity index (χ3v) is 3.22. The molecule has 1 N–H and O–H groups in total. The number of aryl methyl sites for hydroxylation is 1. The van der Waals surface area contributed by atoms with Gasteiger partial charge in [0.25, 0.3) is 0 Å². The zero-order chi connectivity index (χ0) is 13.8. The second-order valence-corrected chi connectivity index (χ2v) is 4.70. The van der Waals surface area contributed by atoms with E-state index in [9.17, 15) is 4.79 Å². The van der Waals surface area contributed by atoms with Gasteiger partial charge in [0.2, 0.25) is 0 Å². The summed E-state index contributed by atoms with van der Waals surface area (Å²) in [5.41, 5.74) is 1.04. The Labute approximate surface area is 112 Å². The summed E-state index contributed by atoms with van der Waals surface area (Å²) in [6.45, 7) is 2.56. The first-order valence-corrected chi connectivity index (χ1v) is 6.53. The first-order valence-electron chi connectivity index (χ1n) is 6.53. The molecule has 0 radical (unpaired) electrons. The van der Waals surface area contributed by atoms with Gasteiger partial charge in [-0.3, -0.25) is 0 Å². The summed E-state index contributed by atoms with van der Waals surface area (Å²) in [7, 11) is 0. The summed E-state index contributed by atoms with van der Waals surface area (Å²) in [6.07, 6.45) is 3.31. The number of anilines is 1. The number of rotatable bonds is 6. The molecule has 2 rings (SSSR count). The molecule has 5 heteroatoms. The Hall–Kier alpha value is -2.09. The zero-order valence-corrected chi connectivity index (χ0v) is 11.0. The van der Waals surface area contributed by atoms with Gasteiger partial charge in [-0.15, -0.1) is 0 Å². The fourth-order valence-corrected chi connectivity index (χ4v) is 2.06. The van der Waals surface area contributed by atoms with Crippen LogP contribution in [0.3, 0.4) is 0 Å². The van der Waals surface area contributed by atoms with Crippen LogP contribution in [0.2, 0.25) is 0 Å². The minimum Gasteiger partial charge on any atom is -0.478 e. The number of nitrogens with zero attached hydrogens (tertiary/aromatic N) is 3. The summed E-state index contributed by atoms with van der Waals surface area (Å²) in [5.74, 6) is -0.246. The lowest BCUT2D eigenvalue weighted by molar-refractivity contribution is 0.0696. The number of pyridine rings is 1. The van der Waals surface area contributed by atoms with Gasteiger partial charge in [0.1, 0.15) is 5.82 Å². The highest BCUT2D eigenvalue weighted by Gasteiger charge is 2.30. The molecule has 1 heterocycles. The summed E-state index contributed by atoms with van der Waals surface area (Å²) in [4.78, 5) is 17.7. The molecule has 1 aromatic rings. The third kappa shape index (κ3) is 3.22. The van der Waals surface area contributed by atoms with Crippen molar-refractivity contribution in [2.45, 2.75) is 38.6 Å². The van der Waals surface area contributed by atoms with E-state index < -0.39 is 5.97 Å². The topological polar surface area (TPSA) is 77.2 Å². The molecule has 0 aromatic carbocycles. The molecule has 0 aliphatic heterocycles. The molecule has 0 bridgehead atoms. The van der Waals surface area contributed by atoms with Crippen molar-refractivity contribution in [2.75, 3.05) is 11.4 Å². The summed E-state index contributed by atoms with van der Waals surface area (Å²) in [6, 6.07) is 5.76. The Morgan fingerprint density at radius 3 is 2.84 bits per heavy atom. The molecule has 0 spiro atoms. The molecule has 1 fully saturated rings. The maximum Gasteiger partial charge on any atom is 0.335 e. The van der Waals surface area contributed by atoms with Crippen LogP contribution in [-0.2, 0) is 6.42 Å². The van der Waals surface area contributed by atoms with Crippen LogP contribution in [0.4, 0.5) is 5.82 Å². The molecule has 0 amide bonds. The average Bonchev–Trinajstić information content (AvgIpc) is 3.23. The number of carboxylic acid groups (broad SMARTS) is 1. The number of hydrogen-bond donors (Lipinski definition) is 1. The van der Waals surface area contributed by atoms with E-state index in [1.54, 1.807) is 12.1 Å². The Morgan fingerprint density at radius 2 is 2.32 bits per heavy atom. The molecular weight excluding hydrogens is 242 g/mol. The number of aromatic nitrogens is 1. The van der Waals surface area contributed by atoms with Crippen LogP contribution in [0.5, 0.6) is 0 Å². The van der Waals surface area contributed by atoms with E-state index in [1.807, 2.05) is 6.92 Å². The predicted octanol–water partition coefficient (Wildman–Crippen LogP) is 2.22. The number of carbonyl (C=O) groups is 1. The monoisotopic (exact) mass is 259 g/mol. The van der Waals surface area contributed by atoms with Crippen molar-refractivity contribution in [3.05, 3.63) is 23.4 Å². The van der Waals surface area contributed by atoms with Crippen molar-refractivity contribution in [3.63, 3.8) is 0 Å². The molecule has 100 valence electrons. The van der Waals surface area contributed by atoms with Crippen molar-refractivity contribution in [3.8, 4) is 6.07 Å². The third-order valence-electron chi connectivity index (χ3n) is 3.22. The van der Waals surface area contributed by atoms with Gasteiger partial charge >= 0.3 is 5.97 Å². The second kappa shape index (κ2) is 5.70. The van der Waals surface area contributed by atoms with Crippen molar-refractivity contribution in [2.24, 2.45) is 0 Å². The number of aromatic carboxylic acids is 1. The van der Waals surface area contributed by atoms with Crippen LogP contribution < -0.4 is 4.90 Å². The Bertz CT molecular complexity index is 518. The second-order valence-electron chi connectivity index (χ2n) is 4.70. The van der Waals surface area contributed by atoms with Gasteiger partial charge in [-0.25, -0.2) is 9.78 Å². The molecule has 5 nitrogen and oxygen atoms in total. The molecule has 19 heavy (non-hydrogen) atoms. The minimum atomic E-state index is -0.936. The Morgan fingerprint density at radius 1 is 1.58 bits per heavy atom. The smallest absolute Gasteiger partial charge is 0.335 e. The van der Waals surface area contributed by atoms with Crippen molar-refractivity contribution < 1.29 is 9.90 Å². The molecule has 1 aliphatic carbocycles. The molecular formula is C14H17N3O2. The predicted molar refractivity (Wildman–Crippen MR) is 71.2 cm³/mol. The number of hydrogen-bond acceptors (Lipinski definition) is 4. The van der Waals surface area contributed by atoms with Crippen LogP contribution in [0.1, 0.15) is 42.2 Å². The van der Waals surface area contributed by atoms with Gasteiger partial charge in [-0.05, 0) is 31.4 Å². The SMILES string of the molecule is CCc1cc(C(=O)O)cc(N(CCC#N)C2CC2)n1. The number of carboxylic acids is 1. The van der Waals surface area contributed by atoms with E-state index in [-0.39, 0.29) is 5.56 Å². The maximum absolute atomic E-state index is 11.1. The molecule has 0 atom stereocenters. The standard InChI is InChI=1S/C14H17N3O2/c1-2-11-8-10(14(18)19)9-13(16-11)17(7-3-6-15)12-4-5-12/h8-9,12H,2-5,7H2,1H3,(H,18,19). The van der Waals surface area contributed by atoms with Crippen molar-refractivity contribution in [1.29, 1.82) is 5.26 Å². The largest absolute Gasteiger partial charge is 0.478 e. The summed E-state index contributed by atoms with van der Waals surface area (Å²) in [5, 5.41) is 17.9. The minimum absolute atomic E-state index is 0.268. The van der Waals surface area contributed by atoms with E-state index in [0.29, 0.717) is 31.2 Å². The van der Waals surface area contributed by atoms with E-state index >= 15 is 0 Å². The van der Waals surface area contributed by atoms with Gasteiger partial charge < -0.3 is 10.0 Å². The van der Waals surface area contributed by atoms with E-state index in [2.05, 4.69) is 16.0 Å². The summed E-state index contributed by atoms with van der Waals surface area (Å²) < 4.78 is 0. The highest BCUT2D eigenvalue weighted by molar-refractivity contribution is 5.88. The maximum atomic E-state index is 11.1. The average molecular weight is 259 g/mol. The van der Waals surface area contributed by atoms with Gasteiger partial charge in [0, 0.05) is 18.3 Å². The van der Waals surface area contributed by atoms with Crippen molar-refractivity contribution >= 4 is 11.8 Å². The number of nitriles is 1. The van der Waals surface area contributed by atoms with Crippen LogP contribution in [0, 0.1) is 11.3 Å². The Kier molecular flexibility index (Phi) is 4.00. The lowest BCUT2D eigenvalue weighted by atomic mass is 10.2. The first-order chi connectivity index (χ1) is 9.15. The van der Waals surface area contributed by atoms with E-state index in [1.165, 1.54) is 0 Å². The molecule has 1 aromatic heterocycles. The van der Waals surface area contributed by atoms with E-state index in [4.69, 9.17) is 10.4 Å². The van der Waals surface area contributed by atoms with Crippen LogP contribution in [0.15, 0.2) is 12.1 Å². The van der Waals surface area contributed by atoms with Gasteiger partial charge in [-0.2, -0.15) is 5.26 Å².